The molecule has 26 heavy (non-hydrogen) atoms. The molecule has 0 fully saturated rings. The van der Waals surface area contributed by atoms with E-state index in [4.69, 9.17) is 10.5 Å². The summed E-state index contributed by atoms with van der Waals surface area (Å²) in [5.41, 5.74) is 0. The standard InChI is InChI=1S/C20H37N3O2S/c1-2-26(24,25)23(19-15-11-7-3-5-9-13-17-21)20-16-12-8-4-6-10-14-18-22/h2-16,19-20H2,1H3. The van der Waals surface area contributed by atoms with E-state index in [1.807, 2.05) is 0 Å². The normalized spacial score (nSPS) is 11.4. The summed E-state index contributed by atoms with van der Waals surface area (Å²) in [6.07, 6.45) is 13.9. The Balaban J connectivity index is 3.90. The lowest BCUT2D eigenvalue weighted by molar-refractivity contribution is 0.384. The predicted molar refractivity (Wildman–Crippen MR) is 107 cm³/mol. The summed E-state index contributed by atoms with van der Waals surface area (Å²) in [7, 11) is -3.11. The third-order valence-corrected chi connectivity index (χ3v) is 6.53. The molecule has 0 aliphatic rings. The van der Waals surface area contributed by atoms with Gasteiger partial charge in [0, 0.05) is 25.9 Å². The van der Waals surface area contributed by atoms with Crippen LogP contribution in [0.15, 0.2) is 0 Å². The van der Waals surface area contributed by atoms with E-state index in [0.29, 0.717) is 25.9 Å². The molecule has 0 unspecified atom stereocenters. The third-order valence-electron chi connectivity index (χ3n) is 4.65. The Morgan fingerprint density at radius 3 is 1.35 bits per heavy atom. The van der Waals surface area contributed by atoms with Crippen LogP contribution in [0.25, 0.3) is 0 Å². The maximum Gasteiger partial charge on any atom is 0.213 e. The number of nitrogens with zero attached hydrogens (tertiary/aromatic N) is 3. The molecule has 0 heterocycles. The van der Waals surface area contributed by atoms with E-state index in [1.54, 1.807) is 11.2 Å². The van der Waals surface area contributed by atoms with E-state index >= 15 is 0 Å². The van der Waals surface area contributed by atoms with E-state index in [2.05, 4.69) is 12.1 Å². The molecule has 0 aromatic carbocycles. The highest BCUT2D eigenvalue weighted by Crippen LogP contribution is 2.12. The minimum atomic E-state index is -3.11. The van der Waals surface area contributed by atoms with Gasteiger partial charge in [0.05, 0.1) is 17.9 Å². The third kappa shape index (κ3) is 14.1. The zero-order chi connectivity index (χ0) is 19.5. The molecular weight excluding hydrogens is 346 g/mol. The van der Waals surface area contributed by atoms with Gasteiger partial charge in [-0.05, 0) is 32.6 Å². The first-order valence-electron chi connectivity index (χ1n) is 10.3. The summed E-state index contributed by atoms with van der Waals surface area (Å²) in [4.78, 5) is 0. The first kappa shape index (κ1) is 24.9. The van der Waals surface area contributed by atoms with Crippen LogP contribution in [0.4, 0.5) is 0 Å². The minimum Gasteiger partial charge on any atom is -0.212 e. The molecule has 0 aromatic heterocycles. The van der Waals surface area contributed by atoms with Gasteiger partial charge in [0.25, 0.3) is 0 Å². The average molecular weight is 384 g/mol. The quantitative estimate of drug-likeness (QED) is 0.306. The molecule has 0 aliphatic heterocycles. The lowest BCUT2D eigenvalue weighted by Crippen LogP contribution is -2.34. The zero-order valence-electron chi connectivity index (χ0n) is 16.6. The molecule has 0 amide bonds. The lowest BCUT2D eigenvalue weighted by Gasteiger charge is -2.21. The second kappa shape index (κ2) is 17.3. The number of sulfonamides is 1. The van der Waals surface area contributed by atoms with Gasteiger partial charge in [-0.2, -0.15) is 10.5 Å². The average Bonchev–Trinajstić information content (AvgIpc) is 2.64. The van der Waals surface area contributed by atoms with E-state index < -0.39 is 10.0 Å². The number of unbranched alkanes of at least 4 members (excludes halogenated alkanes) is 12. The van der Waals surface area contributed by atoms with Crippen molar-refractivity contribution in [2.24, 2.45) is 0 Å². The van der Waals surface area contributed by atoms with Gasteiger partial charge < -0.3 is 0 Å². The first-order chi connectivity index (χ1) is 12.6. The molecule has 0 N–H and O–H groups in total. The van der Waals surface area contributed by atoms with Crippen molar-refractivity contribution >= 4 is 10.0 Å². The van der Waals surface area contributed by atoms with Crippen molar-refractivity contribution in [2.45, 2.75) is 96.8 Å². The van der Waals surface area contributed by atoms with Crippen LogP contribution >= 0.6 is 0 Å². The van der Waals surface area contributed by atoms with Gasteiger partial charge in [0.15, 0.2) is 0 Å². The molecule has 0 saturated carbocycles. The van der Waals surface area contributed by atoms with E-state index in [0.717, 1.165) is 77.0 Å². The van der Waals surface area contributed by atoms with Gasteiger partial charge in [0.1, 0.15) is 0 Å². The van der Waals surface area contributed by atoms with Crippen LogP contribution in [0.3, 0.4) is 0 Å². The molecule has 0 atom stereocenters. The Morgan fingerprint density at radius 1 is 0.654 bits per heavy atom. The smallest absolute Gasteiger partial charge is 0.212 e. The van der Waals surface area contributed by atoms with Gasteiger partial charge in [-0.3, -0.25) is 0 Å². The van der Waals surface area contributed by atoms with Crippen LogP contribution in [-0.4, -0.2) is 31.6 Å². The number of nitriles is 2. The molecule has 0 radical (unpaired) electrons. The van der Waals surface area contributed by atoms with Gasteiger partial charge in [0.2, 0.25) is 10.0 Å². The van der Waals surface area contributed by atoms with Crippen molar-refractivity contribution in [3.8, 4) is 12.1 Å². The molecule has 0 bridgehead atoms. The SMILES string of the molecule is CCS(=O)(=O)N(CCCCCCCCC#N)CCCCCCCCC#N. The van der Waals surface area contributed by atoms with Crippen molar-refractivity contribution in [2.75, 3.05) is 18.8 Å². The van der Waals surface area contributed by atoms with Crippen molar-refractivity contribution in [3.05, 3.63) is 0 Å². The van der Waals surface area contributed by atoms with Crippen LogP contribution in [-0.2, 0) is 10.0 Å². The molecule has 0 aliphatic carbocycles. The lowest BCUT2D eigenvalue weighted by atomic mass is 10.1. The van der Waals surface area contributed by atoms with Gasteiger partial charge >= 0.3 is 0 Å². The maximum absolute atomic E-state index is 12.2. The highest BCUT2D eigenvalue weighted by Gasteiger charge is 2.18. The monoisotopic (exact) mass is 383 g/mol. The second-order valence-corrected chi connectivity index (χ2v) is 9.12. The van der Waals surface area contributed by atoms with Crippen LogP contribution < -0.4 is 0 Å². The van der Waals surface area contributed by atoms with Crippen molar-refractivity contribution in [1.82, 2.24) is 4.31 Å². The highest BCUT2D eigenvalue weighted by atomic mass is 32.2. The van der Waals surface area contributed by atoms with E-state index in [-0.39, 0.29) is 5.75 Å². The Hall–Kier alpha value is -1.11. The number of hydrogen-bond acceptors (Lipinski definition) is 4. The van der Waals surface area contributed by atoms with E-state index in [9.17, 15) is 8.42 Å². The van der Waals surface area contributed by atoms with Gasteiger partial charge in [-0.1, -0.05) is 51.4 Å². The fraction of sp³-hybridized carbons (Fsp3) is 0.900. The largest absolute Gasteiger partial charge is 0.213 e. The first-order valence-corrected chi connectivity index (χ1v) is 11.9. The summed E-state index contributed by atoms with van der Waals surface area (Å²) >= 11 is 0. The van der Waals surface area contributed by atoms with Crippen LogP contribution in [0, 0.1) is 22.7 Å². The summed E-state index contributed by atoms with van der Waals surface area (Å²) in [5, 5.41) is 17.0. The van der Waals surface area contributed by atoms with E-state index in [1.165, 1.54) is 0 Å². The second-order valence-electron chi connectivity index (χ2n) is 6.86. The Labute approximate surface area is 161 Å². The van der Waals surface area contributed by atoms with Crippen LogP contribution in [0.2, 0.25) is 0 Å². The van der Waals surface area contributed by atoms with Crippen molar-refractivity contribution in [3.63, 3.8) is 0 Å². The Kier molecular flexibility index (Phi) is 16.6. The molecule has 0 saturated heterocycles. The van der Waals surface area contributed by atoms with Crippen molar-refractivity contribution < 1.29 is 8.42 Å². The summed E-state index contributed by atoms with van der Waals surface area (Å²) in [6.45, 7) is 2.99. The molecule has 6 heteroatoms. The fourth-order valence-electron chi connectivity index (χ4n) is 2.97. The highest BCUT2D eigenvalue weighted by molar-refractivity contribution is 7.89. The van der Waals surface area contributed by atoms with Crippen LogP contribution in [0.5, 0.6) is 0 Å². The molecule has 150 valence electrons. The summed E-state index contributed by atoms with van der Waals surface area (Å²) in [6, 6.07) is 4.33. The molecular formula is C20H37N3O2S. The minimum absolute atomic E-state index is 0.176. The maximum atomic E-state index is 12.2. The number of rotatable bonds is 18. The predicted octanol–water partition coefficient (Wildman–Crippen LogP) is 5.15. The molecule has 0 aromatic rings. The summed E-state index contributed by atoms with van der Waals surface area (Å²) < 4.78 is 26.2. The Morgan fingerprint density at radius 2 is 1.00 bits per heavy atom. The summed E-state index contributed by atoms with van der Waals surface area (Å²) in [5.74, 6) is 0.176. The zero-order valence-corrected chi connectivity index (χ0v) is 17.4. The molecule has 0 spiro atoms. The fourth-order valence-corrected chi connectivity index (χ4v) is 4.15. The molecule has 0 rings (SSSR count). The van der Waals surface area contributed by atoms with Gasteiger partial charge in [-0.15, -0.1) is 0 Å². The van der Waals surface area contributed by atoms with Crippen molar-refractivity contribution in [1.29, 1.82) is 10.5 Å². The molecule has 5 nitrogen and oxygen atoms in total. The topological polar surface area (TPSA) is 85.0 Å². The Bertz CT molecular complexity index is 476. The number of hydrogen-bond donors (Lipinski definition) is 0. The van der Waals surface area contributed by atoms with Crippen LogP contribution in [0.1, 0.15) is 96.8 Å². The van der Waals surface area contributed by atoms with Gasteiger partial charge in [-0.25, -0.2) is 12.7 Å².